The van der Waals surface area contributed by atoms with Crippen LogP contribution in [0.5, 0.6) is 11.5 Å². The van der Waals surface area contributed by atoms with Gasteiger partial charge in [-0.3, -0.25) is 4.57 Å². The Bertz CT molecular complexity index is 3420. The Morgan fingerprint density at radius 3 is 1.74 bits per heavy atom. The van der Waals surface area contributed by atoms with E-state index < -0.39 is 0 Å². The second-order valence-corrected chi connectivity index (χ2v) is 17.3. The van der Waals surface area contributed by atoms with Gasteiger partial charge < -0.3 is 9.30 Å². The lowest BCUT2D eigenvalue weighted by Gasteiger charge is -2.20. The molecule has 0 unspecified atom stereocenters. The molecule has 11 rings (SSSR count). The standard InChI is InChI=1S/C59H45N5O/c1-59(2,3)45-34-35-60-55(36-45)64-53-33-17-16-30-51(53)56-52(43-24-12-6-13-25-43)38-48(39-54(56)64)65-47-29-18-28-46(37-47)63-40-62(58(61-63)44-26-14-7-15-27-44)57-49(41-20-8-4-9-21-41)31-19-32-50(57)42-22-10-5-11-23-42/h4-39H,1-3H3. The van der Waals surface area contributed by atoms with E-state index in [0.717, 1.165) is 83.8 Å². The molecule has 0 aliphatic heterocycles. The first kappa shape index (κ1) is 39.5. The van der Waals surface area contributed by atoms with E-state index in [1.807, 2.05) is 53.3 Å². The van der Waals surface area contributed by atoms with Gasteiger partial charge in [-0.05, 0) is 85.9 Å². The van der Waals surface area contributed by atoms with E-state index in [4.69, 9.17) is 14.8 Å². The minimum atomic E-state index is -0.0481. The Hall–Kier alpha value is -8.35. The van der Waals surface area contributed by atoms with E-state index in [1.165, 1.54) is 5.56 Å². The summed E-state index contributed by atoms with van der Waals surface area (Å²) in [5.41, 5.74) is 12.6. The maximum absolute atomic E-state index is 6.94. The molecule has 0 aliphatic carbocycles. The van der Waals surface area contributed by atoms with Gasteiger partial charge >= 0.3 is 0 Å². The van der Waals surface area contributed by atoms with Gasteiger partial charge in [0.2, 0.25) is 12.2 Å². The van der Waals surface area contributed by atoms with Crippen LogP contribution in [0.1, 0.15) is 26.3 Å². The van der Waals surface area contributed by atoms with Crippen LogP contribution in [0, 0.1) is 6.33 Å². The first-order valence-corrected chi connectivity index (χ1v) is 22.0. The second-order valence-electron chi connectivity index (χ2n) is 17.3. The Morgan fingerprint density at radius 1 is 0.508 bits per heavy atom. The number of hydrogen-bond acceptors (Lipinski definition) is 3. The number of hydrogen-bond donors (Lipinski definition) is 0. The molecular weight excluding hydrogens is 795 g/mol. The maximum atomic E-state index is 6.94. The number of benzene rings is 8. The molecule has 0 amide bonds. The number of nitrogens with zero attached hydrogens (tertiary/aromatic N) is 5. The van der Waals surface area contributed by atoms with Crippen molar-refractivity contribution in [3.05, 3.63) is 230 Å². The van der Waals surface area contributed by atoms with Crippen LogP contribution in [0.3, 0.4) is 0 Å². The molecule has 0 radical (unpaired) electrons. The molecule has 6 heteroatoms. The Balaban J connectivity index is 1.07. The molecule has 8 aromatic carbocycles. The van der Waals surface area contributed by atoms with E-state index in [1.54, 1.807) is 0 Å². The number of fused-ring (bicyclic) bond motifs is 3. The predicted octanol–water partition coefficient (Wildman–Crippen LogP) is 14.2. The van der Waals surface area contributed by atoms with Gasteiger partial charge in [-0.2, -0.15) is 4.68 Å². The van der Waals surface area contributed by atoms with Crippen molar-refractivity contribution >= 4 is 21.8 Å². The molecule has 65 heavy (non-hydrogen) atoms. The summed E-state index contributed by atoms with van der Waals surface area (Å²) in [5.74, 6) is 3.00. The van der Waals surface area contributed by atoms with Gasteiger partial charge in [-0.15, -0.1) is 0 Å². The fourth-order valence-electron chi connectivity index (χ4n) is 8.88. The SMILES string of the molecule is CC(C)(C)c1ccnc(-n2c3ccccc3c3c(-c4ccccc4)cc(Oc4cccc(-n5[c-][n+](-c6c(-c7ccccc7)cccc6-c6ccccc6)c(-c6ccccc6)n5)c4)cc32)c1. The van der Waals surface area contributed by atoms with Crippen LogP contribution in [0.4, 0.5) is 0 Å². The first-order chi connectivity index (χ1) is 31.9. The van der Waals surface area contributed by atoms with Gasteiger partial charge in [-0.25, -0.2) is 4.98 Å². The van der Waals surface area contributed by atoms with Gasteiger partial charge in [0.1, 0.15) is 17.3 Å². The van der Waals surface area contributed by atoms with E-state index in [-0.39, 0.29) is 5.41 Å². The average Bonchev–Trinajstić information content (AvgIpc) is 3.95. The zero-order valence-corrected chi connectivity index (χ0v) is 36.4. The molecule has 6 nitrogen and oxygen atoms in total. The molecule has 0 saturated carbocycles. The third-order valence-corrected chi connectivity index (χ3v) is 12.0. The number of ether oxygens (including phenoxy) is 1. The number of aromatic nitrogens is 5. The third kappa shape index (κ3) is 7.45. The predicted molar refractivity (Wildman–Crippen MR) is 263 cm³/mol. The molecular formula is C59H45N5O. The van der Waals surface area contributed by atoms with Crippen LogP contribution in [0.2, 0.25) is 0 Å². The van der Waals surface area contributed by atoms with Crippen molar-refractivity contribution in [1.29, 1.82) is 0 Å². The topological polar surface area (TPSA) is 48.8 Å². The van der Waals surface area contributed by atoms with Crippen molar-refractivity contribution in [2.24, 2.45) is 0 Å². The molecule has 3 heterocycles. The van der Waals surface area contributed by atoms with Crippen LogP contribution in [0.25, 0.3) is 83.8 Å². The monoisotopic (exact) mass is 839 g/mol. The molecule has 0 aliphatic rings. The van der Waals surface area contributed by atoms with E-state index in [9.17, 15) is 0 Å². The summed E-state index contributed by atoms with van der Waals surface area (Å²) in [7, 11) is 0. The lowest BCUT2D eigenvalue weighted by molar-refractivity contribution is -0.587. The van der Waals surface area contributed by atoms with Crippen molar-refractivity contribution in [1.82, 2.24) is 19.3 Å². The summed E-state index contributed by atoms with van der Waals surface area (Å²) in [6.07, 6.45) is 5.61. The molecule has 11 aromatic rings. The Kier molecular flexibility index (Phi) is 9.97. The zero-order chi connectivity index (χ0) is 43.9. The average molecular weight is 840 g/mol. The fourth-order valence-corrected chi connectivity index (χ4v) is 8.88. The highest BCUT2D eigenvalue weighted by molar-refractivity contribution is 6.16. The number of para-hydroxylation sites is 2. The number of pyridine rings is 1. The summed E-state index contributed by atoms with van der Waals surface area (Å²) >= 11 is 0. The van der Waals surface area contributed by atoms with E-state index >= 15 is 0 Å². The highest BCUT2D eigenvalue weighted by Crippen LogP contribution is 2.42. The quantitative estimate of drug-likeness (QED) is 0.107. The normalized spacial score (nSPS) is 11.6. The van der Waals surface area contributed by atoms with Crippen molar-refractivity contribution in [3.8, 4) is 73.5 Å². The van der Waals surface area contributed by atoms with Gasteiger partial charge in [0.15, 0.2) is 0 Å². The van der Waals surface area contributed by atoms with Crippen molar-refractivity contribution < 1.29 is 9.30 Å². The molecule has 0 fully saturated rings. The molecule has 312 valence electrons. The summed E-state index contributed by atoms with van der Waals surface area (Å²) < 4.78 is 13.1. The molecule has 0 saturated heterocycles. The van der Waals surface area contributed by atoms with Crippen LogP contribution in [0.15, 0.2) is 219 Å². The van der Waals surface area contributed by atoms with Crippen LogP contribution >= 0.6 is 0 Å². The van der Waals surface area contributed by atoms with E-state index in [2.05, 4.69) is 206 Å². The minimum Gasteiger partial charge on any atom is -0.458 e. The summed E-state index contributed by atoms with van der Waals surface area (Å²) in [6, 6.07) is 73.7. The maximum Gasteiger partial charge on any atom is 0.231 e. The molecule has 0 bridgehead atoms. The minimum absolute atomic E-state index is 0.0481. The van der Waals surface area contributed by atoms with Gasteiger partial charge in [0.25, 0.3) is 0 Å². The molecule has 3 aromatic heterocycles. The Labute approximate surface area is 379 Å². The van der Waals surface area contributed by atoms with Crippen LogP contribution in [-0.2, 0) is 5.41 Å². The zero-order valence-electron chi connectivity index (χ0n) is 36.4. The highest BCUT2D eigenvalue weighted by Gasteiger charge is 2.23. The van der Waals surface area contributed by atoms with Gasteiger partial charge in [0, 0.05) is 34.3 Å². The largest absolute Gasteiger partial charge is 0.458 e. The fraction of sp³-hybridized carbons (Fsp3) is 0.0678. The summed E-state index contributed by atoms with van der Waals surface area (Å²) in [4.78, 5) is 4.96. The summed E-state index contributed by atoms with van der Waals surface area (Å²) in [5, 5.41) is 7.59. The number of rotatable bonds is 9. The van der Waals surface area contributed by atoms with Crippen molar-refractivity contribution in [2.75, 3.05) is 0 Å². The highest BCUT2D eigenvalue weighted by atomic mass is 16.5. The summed E-state index contributed by atoms with van der Waals surface area (Å²) in [6.45, 7) is 6.71. The van der Waals surface area contributed by atoms with E-state index in [0.29, 0.717) is 11.5 Å². The molecule has 0 N–H and O–H groups in total. The molecule has 0 spiro atoms. The van der Waals surface area contributed by atoms with Gasteiger partial charge in [0.05, 0.1) is 16.7 Å². The van der Waals surface area contributed by atoms with Crippen LogP contribution in [-0.4, -0.2) is 19.3 Å². The third-order valence-electron chi connectivity index (χ3n) is 12.0. The second kappa shape index (κ2) is 16.4. The smallest absolute Gasteiger partial charge is 0.231 e. The lowest BCUT2D eigenvalue weighted by atomic mass is 9.88. The van der Waals surface area contributed by atoms with Gasteiger partial charge in [-0.1, -0.05) is 191 Å². The molecule has 0 atom stereocenters. The van der Waals surface area contributed by atoms with Crippen molar-refractivity contribution in [2.45, 2.75) is 26.2 Å². The lowest BCUT2D eigenvalue weighted by Crippen LogP contribution is -2.33. The first-order valence-electron chi connectivity index (χ1n) is 22.0. The van der Waals surface area contributed by atoms with Crippen LogP contribution < -0.4 is 9.30 Å². The van der Waals surface area contributed by atoms with Crippen molar-refractivity contribution in [3.63, 3.8) is 0 Å². The Morgan fingerprint density at radius 2 is 1.09 bits per heavy atom.